The van der Waals surface area contributed by atoms with Gasteiger partial charge in [-0.15, -0.1) is 0 Å². The minimum Gasteiger partial charge on any atom is -0.478 e. The van der Waals surface area contributed by atoms with E-state index < -0.39 is 5.97 Å². The molecule has 0 saturated heterocycles. The predicted octanol–water partition coefficient (Wildman–Crippen LogP) is 1.48. The molecule has 0 aliphatic heterocycles. The van der Waals surface area contributed by atoms with Crippen molar-refractivity contribution < 1.29 is 14.5 Å². The summed E-state index contributed by atoms with van der Waals surface area (Å²) in [7, 11) is 1.96. The van der Waals surface area contributed by atoms with Crippen LogP contribution in [0.1, 0.15) is 17.0 Å². The van der Waals surface area contributed by atoms with Gasteiger partial charge >= 0.3 is 5.97 Å². The van der Waals surface area contributed by atoms with E-state index in [1.165, 1.54) is 11.1 Å². The summed E-state index contributed by atoms with van der Waals surface area (Å²) >= 11 is 0. The SMILES string of the molecule is Cc1cc2c(cc1C)[n+](C)c(C)n2CC(=O)O. The summed E-state index contributed by atoms with van der Waals surface area (Å²) in [5.41, 5.74) is 4.46. The maximum Gasteiger partial charge on any atom is 0.346 e. The van der Waals surface area contributed by atoms with Gasteiger partial charge < -0.3 is 5.11 Å². The van der Waals surface area contributed by atoms with Crippen LogP contribution in [0.2, 0.25) is 0 Å². The molecule has 17 heavy (non-hydrogen) atoms. The number of aliphatic carboxylic acids is 1. The summed E-state index contributed by atoms with van der Waals surface area (Å²) in [6.45, 7) is 6.06. The van der Waals surface area contributed by atoms with Crippen molar-refractivity contribution in [2.45, 2.75) is 27.3 Å². The number of nitrogens with zero attached hydrogens (tertiary/aromatic N) is 2. The maximum atomic E-state index is 10.9. The quantitative estimate of drug-likeness (QED) is 0.798. The van der Waals surface area contributed by atoms with E-state index in [9.17, 15) is 4.79 Å². The largest absolute Gasteiger partial charge is 0.478 e. The van der Waals surface area contributed by atoms with Gasteiger partial charge in [0.25, 0.3) is 5.82 Å². The highest BCUT2D eigenvalue weighted by Gasteiger charge is 2.21. The maximum absolute atomic E-state index is 10.9. The number of aromatic nitrogens is 2. The number of imidazole rings is 1. The van der Waals surface area contributed by atoms with Crippen LogP contribution < -0.4 is 4.57 Å². The number of aryl methyl sites for hydroxylation is 3. The van der Waals surface area contributed by atoms with Crippen molar-refractivity contribution >= 4 is 17.0 Å². The smallest absolute Gasteiger partial charge is 0.346 e. The van der Waals surface area contributed by atoms with Gasteiger partial charge in [0.1, 0.15) is 0 Å². The Bertz CT molecular complexity index is 612. The lowest BCUT2D eigenvalue weighted by Crippen LogP contribution is -2.31. The Morgan fingerprint density at radius 1 is 1.29 bits per heavy atom. The molecule has 90 valence electrons. The molecule has 0 saturated carbocycles. The highest BCUT2D eigenvalue weighted by atomic mass is 16.4. The first-order chi connectivity index (χ1) is 7.91. The lowest BCUT2D eigenvalue weighted by atomic mass is 10.1. The molecule has 2 aromatic rings. The van der Waals surface area contributed by atoms with Crippen LogP contribution in [0, 0.1) is 20.8 Å². The molecule has 1 aromatic carbocycles. The molecular weight excluding hydrogens is 216 g/mol. The van der Waals surface area contributed by atoms with E-state index >= 15 is 0 Å². The third-order valence-electron chi connectivity index (χ3n) is 3.41. The summed E-state index contributed by atoms with van der Waals surface area (Å²) in [6.07, 6.45) is 0. The molecule has 0 atom stereocenters. The predicted molar refractivity (Wildman–Crippen MR) is 65.0 cm³/mol. The highest BCUT2D eigenvalue weighted by molar-refractivity contribution is 5.77. The van der Waals surface area contributed by atoms with E-state index in [0.29, 0.717) is 0 Å². The third-order valence-corrected chi connectivity index (χ3v) is 3.41. The third kappa shape index (κ3) is 1.79. The average Bonchev–Trinajstić information content (AvgIpc) is 2.45. The van der Waals surface area contributed by atoms with Gasteiger partial charge in [0.2, 0.25) is 0 Å². The Hall–Kier alpha value is -1.84. The van der Waals surface area contributed by atoms with Crippen LogP contribution in [-0.4, -0.2) is 15.6 Å². The van der Waals surface area contributed by atoms with Crippen LogP contribution in [0.5, 0.6) is 0 Å². The number of benzene rings is 1. The Kier molecular flexibility index (Phi) is 2.65. The van der Waals surface area contributed by atoms with Crippen LogP contribution in [0.3, 0.4) is 0 Å². The summed E-state index contributed by atoms with van der Waals surface area (Å²) in [4.78, 5) is 10.9. The summed E-state index contributed by atoms with van der Waals surface area (Å²) in [5, 5.41) is 8.95. The summed E-state index contributed by atoms with van der Waals surface area (Å²) in [5.74, 6) is 0.135. The summed E-state index contributed by atoms with van der Waals surface area (Å²) in [6, 6.07) is 4.16. The molecule has 0 amide bonds. The number of hydrogen-bond acceptors (Lipinski definition) is 1. The number of fused-ring (bicyclic) bond motifs is 1. The molecule has 0 aliphatic carbocycles. The molecule has 2 rings (SSSR count). The zero-order valence-electron chi connectivity index (χ0n) is 10.6. The number of carbonyl (C=O) groups is 1. The van der Waals surface area contributed by atoms with Gasteiger partial charge in [-0.3, -0.25) is 0 Å². The molecule has 0 radical (unpaired) electrons. The lowest BCUT2D eigenvalue weighted by molar-refractivity contribution is -0.652. The minimum atomic E-state index is -0.816. The number of rotatable bonds is 2. The molecule has 0 aliphatic rings. The highest BCUT2D eigenvalue weighted by Crippen LogP contribution is 2.19. The standard InChI is InChI=1S/C13H16N2O2/c1-8-5-11-12(6-9(8)2)15(7-13(16)17)10(3)14(11)4/h5-6H,7H2,1-4H3/p+1. The van der Waals surface area contributed by atoms with Crippen molar-refractivity contribution in [2.75, 3.05) is 0 Å². The van der Waals surface area contributed by atoms with Crippen LogP contribution in [0.4, 0.5) is 0 Å². The Morgan fingerprint density at radius 3 is 2.47 bits per heavy atom. The van der Waals surface area contributed by atoms with Gasteiger partial charge in [0.15, 0.2) is 17.6 Å². The van der Waals surface area contributed by atoms with E-state index in [-0.39, 0.29) is 6.54 Å². The van der Waals surface area contributed by atoms with Crippen LogP contribution >= 0.6 is 0 Å². The first-order valence-corrected chi connectivity index (χ1v) is 5.59. The van der Waals surface area contributed by atoms with Gasteiger partial charge in [-0.05, 0) is 37.1 Å². The second kappa shape index (κ2) is 3.87. The molecule has 4 nitrogen and oxygen atoms in total. The molecule has 4 heteroatoms. The van der Waals surface area contributed by atoms with Crippen molar-refractivity contribution in [3.63, 3.8) is 0 Å². The molecule has 0 spiro atoms. The number of carboxylic acid groups (broad SMARTS) is 1. The fourth-order valence-electron chi connectivity index (χ4n) is 2.14. The van der Waals surface area contributed by atoms with E-state index in [0.717, 1.165) is 16.9 Å². The normalized spacial score (nSPS) is 11.1. The molecule has 1 heterocycles. The van der Waals surface area contributed by atoms with Gasteiger partial charge in [-0.25, -0.2) is 13.9 Å². The van der Waals surface area contributed by atoms with Crippen molar-refractivity contribution in [1.82, 2.24) is 4.57 Å². The van der Waals surface area contributed by atoms with Crippen molar-refractivity contribution in [2.24, 2.45) is 7.05 Å². The second-order valence-corrected chi connectivity index (χ2v) is 4.51. The number of carboxylic acids is 1. The zero-order chi connectivity index (χ0) is 12.7. The van der Waals surface area contributed by atoms with Crippen LogP contribution in [0.25, 0.3) is 11.0 Å². The lowest BCUT2D eigenvalue weighted by Gasteiger charge is -1.99. The molecule has 0 unspecified atom stereocenters. The topological polar surface area (TPSA) is 46.1 Å². The monoisotopic (exact) mass is 233 g/mol. The average molecular weight is 233 g/mol. The van der Waals surface area contributed by atoms with Gasteiger partial charge in [-0.1, -0.05) is 0 Å². The summed E-state index contributed by atoms with van der Waals surface area (Å²) < 4.78 is 3.87. The second-order valence-electron chi connectivity index (χ2n) is 4.51. The number of hydrogen-bond donors (Lipinski definition) is 1. The molecule has 1 N–H and O–H groups in total. The van der Waals surface area contributed by atoms with Gasteiger partial charge in [0.05, 0.1) is 7.05 Å². The van der Waals surface area contributed by atoms with Crippen molar-refractivity contribution in [3.05, 3.63) is 29.1 Å². The molecule has 0 bridgehead atoms. The zero-order valence-corrected chi connectivity index (χ0v) is 10.6. The molecule has 0 fully saturated rings. The van der Waals surface area contributed by atoms with Crippen LogP contribution in [-0.2, 0) is 18.4 Å². The fourth-order valence-corrected chi connectivity index (χ4v) is 2.14. The Labute approximate surface area is 100 Å². The first kappa shape index (κ1) is 11.6. The molecule has 1 aromatic heterocycles. The van der Waals surface area contributed by atoms with Crippen molar-refractivity contribution in [1.29, 1.82) is 0 Å². The fraction of sp³-hybridized carbons (Fsp3) is 0.385. The Morgan fingerprint density at radius 2 is 1.88 bits per heavy atom. The molecular formula is C13H17N2O2+. The van der Waals surface area contributed by atoms with E-state index in [4.69, 9.17) is 5.11 Å². The first-order valence-electron chi connectivity index (χ1n) is 5.59. The van der Waals surface area contributed by atoms with E-state index in [1.807, 2.05) is 30.0 Å². The minimum absolute atomic E-state index is 0.00563. The van der Waals surface area contributed by atoms with E-state index in [2.05, 4.69) is 19.1 Å². The Balaban J connectivity index is 2.79. The van der Waals surface area contributed by atoms with Crippen LogP contribution in [0.15, 0.2) is 12.1 Å². The van der Waals surface area contributed by atoms with Gasteiger partial charge in [-0.2, -0.15) is 0 Å². The van der Waals surface area contributed by atoms with Gasteiger partial charge in [0, 0.05) is 6.92 Å². The van der Waals surface area contributed by atoms with Crippen molar-refractivity contribution in [3.8, 4) is 0 Å². The van der Waals surface area contributed by atoms with E-state index in [1.54, 1.807) is 0 Å².